The van der Waals surface area contributed by atoms with Crippen LogP contribution < -0.4 is 11.1 Å². The maximum absolute atomic E-state index is 12.7. The summed E-state index contributed by atoms with van der Waals surface area (Å²) in [7, 11) is 1.68. The minimum atomic E-state index is -4.51. The normalized spacial score (nSPS) is 11.0. The third-order valence-corrected chi connectivity index (χ3v) is 3.36. The van der Waals surface area contributed by atoms with Crippen molar-refractivity contribution in [3.05, 3.63) is 40.7 Å². The fourth-order valence-corrected chi connectivity index (χ4v) is 2.13. The first kappa shape index (κ1) is 18.8. The highest BCUT2D eigenvalue weighted by atomic mass is 35.5. The smallest absolute Gasteiger partial charge is 0.397 e. The van der Waals surface area contributed by atoms with Crippen molar-refractivity contribution in [3.63, 3.8) is 0 Å². The maximum atomic E-state index is 12.7. The molecule has 0 fully saturated rings. The van der Waals surface area contributed by atoms with Gasteiger partial charge in [0.15, 0.2) is 0 Å². The zero-order valence-corrected chi connectivity index (χ0v) is 13.5. The van der Waals surface area contributed by atoms with E-state index in [-0.39, 0.29) is 23.8 Å². The Balaban J connectivity index is 0.00000264. The Labute approximate surface area is 137 Å². The number of carbonyl (C=O) groups excluding carboxylic acids is 1. The van der Waals surface area contributed by atoms with Gasteiger partial charge in [0.1, 0.15) is 0 Å². The number of nitrogens with zero attached hydrogens (tertiary/aromatic N) is 2. The van der Waals surface area contributed by atoms with Crippen LogP contribution in [0.25, 0.3) is 0 Å². The predicted octanol–water partition coefficient (Wildman–Crippen LogP) is 3.31. The lowest BCUT2D eigenvalue weighted by molar-refractivity contribution is -0.137. The van der Waals surface area contributed by atoms with Crippen molar-refractivity contribution >= 4 is 29.7 Å². The molecule has 1 amide bonds. The molecule has 1 aromatic heterocycles. The lowest BCUT2D eigenvalue weighted by atomic mass is 10.1. The van der Waals surface area contributed by atoms with Crippen LogP contribution in [0.15, 0.2) is 18.2 Å². The largest absolute Gasteiger partial charge is 0.416 e. The number of aromatic nitrogens is 2. The van der Waals surface area contributed by atoms with Gasteiger partial charge in [0.2, 0.25) is 0 Å². The highest BCUT2D eigenvalue weighted by molar-refractivity contribution is 6.07. The molecule has 126 valence electrons. The first-order chi connectivity index (χ1) is 10.1. The lowest BCUT2D eigenvalue weighted by Crippen LogP contribution is -2.16. The summed E-state index contributed by atoms with van der Waals surface area (Å²) in [6.45, 7) is 3.35. The Morgan fingerprint density at radius 2 is 1.91 bits per heavy atom. The maximum Gasteiger partial charge on any atom is 0.416 e. The number of hydrogen-bond donors (Lipinski definition) is 2. The van der Waals surface area contributed by atoms with Crippen molar-refractivity contribution in [1.82, 2.24) is 9.78 Å². The molecule has 23 heavy (non-hydrogen) atoms. The monoisotopic (exact) mass is 348 g/mol. The molecule has 0 saturated heterocycles. The average molecular weight is 349 g/mol. The van der Waals surface area contributed by atoms with E-state index in [2.05, 4.69) is 10.4 Å². The number of halogens is 4. The van der Waals surface area contributed by atoms with E-state index in [1.807, 2.05) is 0 Å². The molecule has 1 heterocycles. The van der Waals surface area contributed by atoms with Gasteiger partial charge >= 0.3 is 6.18 Å². The van der Waals surface area contributed by atoms with Crippen LogP contribution in [0.5, 0.6) is 0 Å². The average Bonchev–Trinajstić information content (AvgIpc) is 2.64. The van der Waals surface area contributed by atoms with E-state index in [1.165, 1.54) is 4.68 Å². The second-order valence-corrected chi connectivity index (χ2v) is 4.92. The van der Waals surface area contributed by atoms with Gasteiger partial charge in [-0.3, -0.25) is 9.48 Å². The second kappa shape index (κ2) is 6.49. The molecule has 1 aromatic carbocycles. The third kappa shape index (κ3) is 3.76. The summed E-state index contributed by atoms with van der Waals surface area (Å²) in [6, 6.07) is 2.79. The molecule has 2 rings (SSSR count). The Bertz CT molecular complexity index is 740. The van der Waals surface area contributed by atoms with Crippen molar-refractivity contribution in [2.45, 2.75) is 20.0 Å². The molecule has 0 aliphatic carbocycles. The summed E-state index contributed by atoms with van der Waals surface area (Å²) < 4.78 is 39.7. The topological polar surface area (TPSA) is 72.9 Å². The number of nitrogens with one attached hydrogen (secondary N) is 1. The quantitative estimate of drug-likeness (QED) is 0.818. The first-order valence-corrected chi connectivity index (χ1v) is 6.39. The zero-order chi connectivity index (χ0) is 16.7. The van der Waals surface area contributed by atoms with E-state index in [4.69, 9.17) is 5.73 Å². The Kier molecular flexibility index (Phi) is 5.31. The molecule has 0 spiro atoms. The number of nitrogens with two attached hydrogens (primary N) is 1. The van der Waals surface area contributed by atoms with Crippen LogP contribution in [-0.4, -0.2) is 15.7 Å². The number of amides is 1. The van der Waals surface area contributed by atoms with E-state index in [1.54, 1.807) is 20.9 Å². The lowest BCUT2D eigenvalue weighted by Gasteiger charge is -2.12. The van der Waals surface area contributed by atoms with Crippen molar-refractivity contribution in [2.75, 3.05) is 11.1 Å². The molecule has 0 unspecified atom stereocenters. The SMILES string of the molecule is Cc1nn(C)c(C)c1C(=O)Nc1cc(C(F)(F)F)ccc1N.Cl. The van der Waals surface area contributed by atoms with Gasteiger partial charge in [-0.15, -0.1) is 12.4 Å². The van der Waals surface area contributed by atoms with Crippen LogP contribution in [0.4, 0.5) is 24.5 Å². The molecule has 5 nitrogen and oxygen atoms in total. The van der Waals surface area contributed by atoms with E-state index >= 15 is 0 Å². The molecule has 0 aliphatic heterocycles. The minimum absolute atomic E-state index is 0. The number of benzene rings is 1. The second-order valence-electron chi connectivity index (χ2n) is 4.92. The molecule has 0 aliphatic rings. The van der Waals surface area contributed by atoms with Crippen molar-refractivity contribution < 1.29 is 18.0 Å². The van der Waals surface area contributed by atoms with Gasteiger partial charge in [0.25, 0.3) is 5.91 Å². The fourth-order valence-electron chi connectivity index (χ4n) is 2.13. The number of hydrogen-bond acceptors (Lipinski definition) is 3. The summed E-state index contributed by atoms with van der Waals surface area (Å²) in [5.41, 5.74) is 6.15. The Morgan fingerprint density at radius 3 is 2.39 bits per heavy atom. The highest BCUT2D eigenvalue weighted by Crippen LogP contribution is 2.33. The van der Waals surface area contributed by atoms with Gasteiger partial charge < -0.3 is 11.1 Å². The number of aryl methyl sites for hydroxylation is 2. The summed E-state index contributed by atoms with van der Waals surface area (Å²) >= 11 is 0. The molecule has 0 atom stereocenters. The van der Waals surface area contributed by atoms with Gasteiger partial charge in [0.05, 0.1) is 28.2 Å². The molecular formula is C14H16ClF3N4O. The first-order valence-electron chi connectivity index (χ1n) is 6.39. The molecule has 0 saturated carbocycles. The summed E-state index contributed by atoms with van der Waals surface area (Å²) in [5, 5.41) is 6.51. The van der Waals surface area contributed by atoms with E-state index < -0.39 is 17.6 Å². The minimum Gasteiger partial charge on any atom is -0.397 e. The van der Waals surface area contributed by atoms with Gasteiger partial charge in [-0.1, -0.05) is 0 Å². The van der Waals surface area contributed by atoms with Crippen LogP contribution >= 0.6 is 12.4 Å². The molecular weight excluding hydrogens is 333 g/mol. The van der Waals surface area contributed by atoms with E-state index in [0.29, 0.717) is 17.0 Å². The number of carbonyl (C=O) groups is 1. The fraction of sp³-hybridized carbons (Fsp3) is 0.286. The van der Waals surface area contributed by atoms with Gasteiger partial charge in [0, 0.05) is 12.7 Å². The van der Waals surface area contributed by atoms with Crippen LogP contribution in [0.3, 0.4) is 0 Å². The molecule has 2 aromatic rings. The van der Waals surface area contributed by atoms with Crippen LogP contribution in [0.2, 0.25) is 0 Å². The number of anilines is 2. The van der Waals surface area contributed by atoms with E-state index in [0.717, 1.165) is 18.2 Å². The molecule has 0 radical (unpaired) electrons. The highest BCUT2D eigenvalue weighted by Gasteiger charge is 2.31. The van der Waals surface area contributed by atoms with Crippen molar-refractivity contribution in [1.29, 1.82) is 0 Å². The summed E-state index contributed by atoms with van der Waals surface area (Å²) in [5.74, 6) is -0.547. The van der Waals surface area contributed by atoms with Crippen LogP contribution in [0.1, 0.15) is 27.3 Å². The van der Waals surface area contributed by atoms with Crippen molar-refractivity contribution in [2.24, 2.45) is 7.05 Å². The number of alkyl halides is 3. The van der Waals surface area contributed by atoms with Gasteiger partial charge in [-0.25, -0.2) is 0 Å². The summed E-state index contributed by atoms with van der Waals surface area (Å²) in [4.78, 5) is 12.3. The number of nitrogen functional groups attached to an aromatic ring is 1. The predicted molar refractivity (Wildman–Crippen MR) is 83.7 cm³/mol. The van der Waals surface area contributed by atoms with E-state index in [9.17, 15) is 18.0 Å². The third-order valence-electron chi connectivity index (χ3n) is 3.36. The van der Waals surface area contributed by atoms with Crippen LogP contribution in [-0.2, 0) is 13.2 Å². The molecule has 3 N–H and O–H groups in total. The Hall–Kier alpha value is -2.22. The summed E-state index contributed by atoms with van der Waals surface area (Å²) in [6.07, 6.45) is -4.51. The zero-order valence-electron chi connectivity index (χ0n) is 12.7. The standard InChI is InChI=1S/C14H15F3N4O.ClH/c1-7-12(8(2)21(3)20-7)13(22)19-11-6-9(14(15,16)17)4-5-10(11)18;/h4-6H,18H2,1-3H3,(H,19,22);1H. The van der Waals surface area contributed by atoms with Crippen LogP contribution in [0, 0.1) is 13.8 Å². The Morgan fingerprint density at radius 1 is 1.30 bits per heavy atom. The molecule has 0 bridgehead atoms. The van der Waals surface area contributed by atoms with Gasteiger partial charge in [-0.05, 0) is 32.0 Å². The van der Waals surface area contributed by atoms with Gasteiger partial charge in [-0.2, -0.15) is 18.3 Å². The van der Waals surface area contributed by atoms with Crippen molar-refractivity contribution in [3.8, 4) is 0 Å². The molecule has 9 heteroatoms. The number of rotatable bonds is 2.